The van der Waals surface area contributed by atoms with Crippen molar-refractivity contribution >= 4 is 29.4 Å². The second kappa shape index (κ2) is 12.6. The number of carbonyl (C=O) groups excluding carboxylic acids is 2. The van der Waals surface area contributed by atoms with Crippen molar-refractivity contribution in [3.05, 3.63) is 95.8 Å². The fraction of sp³-hybridized carbons (Fsp3) is 0.207. The molecule has 0 spiro atoms. The second-order valence-electron chi connectivity index (χ2n) is 9.23. The molecule has 194 valence electrons. The largest absolute Gasteiger partial charge is 0.322 e. The summed E-state index contributed by atoms with van der Waals surface area (Å²) in [6, 6.07) is 18.3. The SMILES string of the molecule is Cc1cccc(NC(=O)c2cccc(/C=C/C(=O)Nc3ccc(-c4cn(CCCN(C)C)nn4)cn3)c2)c1. The predicted molar refractivity (Wildman–Crippen MR) is 150 cm³/mol. The van der Waals surface area contributed by atoms with Gasteiger partial charge in [-0.25, -0.2) is 4.98 Å². The lowest BCUT2D eigenvalue weighted by atomic mass is 10.1. The molecule has 0 aliphatic carbocycles. The lowest BCUT2D eigenvalue weighted by molar-refractivity contribution is -0.111. The van der Waals surface area contributed by atoms with Crippen LogP contribution in [0.5, 0.6) is 0 Å². The third kappa shape index (κ3) is 7.68. The van der Waals surface area contributed by atoms with E-state index in [0.717, 1.165) is 47.6 Å². The number of pyridine rings is 1. The summed E-state index contributed by atoms with van der Waals surface area (Å²) >= 11 is 0. The number of nitrogens with one attached hydrogen (secondary N) is 2. The van der Waals surface area contributed by atoms with Crippen LogP contribution < -0.4 is 10.6 Å². The molecule has 2 aromatic heterocycles. The number of benzene rings is 2. The maximum atomic E-state index is 12.6. The first kappa shape index (κ1) is 26.4. The summed E-state index contributed by atoms with van der Waals surface area (Å²) in [5.74, 6) is -0.118. The van der Waals surface area contributed by atoms with Crippen LogP contribution >= 0.6 is 0 Å². The molecule has 2 aromatic carbocycles. The lowest BCUT2D eigenvalue weighted by Crippen LogP contribution is -2.15. The van der Waals surface area contributed by atoms with E-state index in [1.54, 1.807) is 36.5 Å². The number of hydrogen-bond donors (Lipinski definition) is 2. The molecule has 0 unspecified atom stereocenters. The average Bonchev–Trinajstić information content (AvgIpc) is 3.37. The summed E-state index contributed by atoms with van der Waals surface area (Å²) in [6.07, 6.45) is 7.60. The number of aryl methyl sites for hydroxylation is 2. The zero-order chi connectivity index (χ0) is 26.9. The van der Waals surface area contributed by atoms with E-state index < -0.39 is 0 Å². The third-order valence-corrected chi connectivity index (χ3v) is 5.69. The molecule has 38 heavy (non-hydrogen) atoms. The Labute approximate surface area is 222 Å². The molecule has 0 radical (unpaired) electrons. The molecule has 0 bridgehead atoms. The molecule has 0 aliphatic rings. The van der Waals surface area contributed by atoms with Crippen molar-refractivity contribution in [2.24, 2.45) is 0 Å². The van der Waals surface area contributed by atoms with Crippen molar-refractivity contribution in [1.82, 2.24) is 24.9 Å². The Bertz CT molecular complexity index is 1420. The second-order valence-corrected chi connectivity index (χ2v) is 9.23. The molecular formula is C29H31N7O2. The molecule has 9 nitrogen and oxygen atoms in total. The van der Waals surface area contributed by atoms with Gasteiger partial charge < -0.3 is 15.5 Å². The van der Waals surface area contributed by atoms with E-state index >= 15 is 0 Å². The topological polar surface area (TPSA) is 105 Å². The number of rotatable bonds is 10. The van der Waals surface area contributed by atoms with Gasteiger partial charge in [-0.1, -0.05) is 29.5 Å². The van der Waals surface area contributed by atoms with Gasteiger partial charge >= 0.3 is 0 Å². The lowest BCUT2D eigenvalue weighted by Gasteiger charge is -2.08. The van der Waals surface area contributed by atoms with Gasteiger partial charge in [0, 0.05) is 35.6 Å². The monoisotopic (exact) mass is 509 g/mol. The van der Waals surface area contributed by atoms with Gasteiger partial charge in [0.2, 0.25) is 5.91 Å². The molecule has 0 atom stereocenters. The Hall–Kier alpha value is -4.63. The highest BCUT2D eigenvalue weighted by Gasteiger charge is 2.08. The minimum atomic E-state index is -0.327. The standard InChI is InChI=1S/C29H31N7O2/c1-21-7-4-10-25(17-21)31-29(38)23-9-5-8-22(18-23)11-14-28(37)32-27-13-12-24(19-30-27)26-20-36(34-33-26)16-6-15-35(2)3/h4-5,7-14,17-20H,6,15-16H2,1-3H3,(H,31,38)(H,30,32,37)/b14-11+. The molecule has 4 aromatic rings. The maximum Gasteiger partial charge on any atom is 0.255 e. The number of aromatic nitrogens is 4. The number of nitrogens with zero attached hydrogens (tertiary/aromatic N) is 5. The number of hydrogen-bond acceptors (Lipinski definition) is 6. The van der Waals surface area contributed by atoms with Crippen LogP contribution in [0, 0.1) is 6.92 Å². The summed E-state index contributed by atoms with van der Waals surface area (Å²) in [5, 5.41) is 14.0. The first-order valence-electron chi connectivity index (χ1n) is 12.3. The van der Waals surface area contributed by atoms with Crippen molar-refractivity contribution in [3.8, 4) is 11.3 Å². The summed E-state index contributed by atoms with van der Waals surface area (Å²) in [6.45, 7) is 3.74. The minimum absolute atomic E-state index is 0.215. The minimum Gasteiger partial charge on any atom is -0.322 e. The van der Waals surface area contributed by atoms with Gasteiger partial charge in [0.05, 0.1) is 6.20 Å². The third-order valence-electron chi connectivity index (χ3n) is 5.69. The normalized spacial score (nSPS) is 11.2. The average molecular weight is 510 g/mol. The van der Waals surface area contributed by atoms with Crippen LogP contribution in [-0.4, -0.2) is 57.3 Å². The quantitative estimate of drug-likeness (QED) is 0.305. The summed E-state index contributed by atoms with van der Waals surface area (Å²) in [5.41, 5.74) is 4.58. The van der Waals surface area contributed by atoms with Gasteiger partial charge in [-0.2, -0.15) is 0 Å². The maximum absolute atomic E-state index is 12.6. The molecular weight excluding hydrogens is 478 g/mol. The van der Waals surface area contributed by atoms with E-state index in [1.165, 1.54) is 6.08 Å². The summed E-state index contributed by atoms with van der Waals surface area (Å²) in [4.78, 5) is 31.5. The number of amides is 2. The van der Waals surface area contributed by atoms with Gasteiger partial charge in [0.25, 0.3) is 5.91 Å². The Morgan fingerprint density at radius 1 is 1.03 bits per heavy atom. The first-order chi connectivity index (χ1) is 18.4. The highest BCUT2D eigenvalue weighted by molar-refractivity contribution is 6.05. The van der Waals surface area contributed by atoms with E-state index in [0.29, 0.717) is 11.4 Å². The molecule has 0 aliphatic heterocycles. The Morgan fingerprint density at radius 2 is 1.87 bits per heavy atom. The van der Waals surface area contributed by atoms with E-state index in [1.807, 2.05) is 68.3 Å². The van der Waals surface area contributed by atoms with Crippen LogP contribution in [-0.2, 0) is 11.3 Å². The predicted octanol–water partition coefficient (Wildman–Crippen LogP) is 4.50. The van der Waals surface area contributed by atoms with Crippen molar-refractivity contribution in [3.63, 3.8) is 0 Å². The molecule has 2 N–H and O–H groups in total. The molecule has 2 amide bonds. The molecule has 0 saturated heterocycles. The smallest absolute Gasteiger partial charge is 0.255 e. The van der Waals surface area contributed by atoms with Crippen LogP contribution in [0.2, 0.25) is 0 Å². The van der Waals surface area contributed by atoms with Crippen LogP contribution in [0.25, 0.3) is 17.3 Å². The van der Waals surface area contributed by atoms with E-state index in [-0.39, 0.29) is 11.8 Å². The molecule has 0 saturated carbocycles. The fourth-order valence-corrected chi connectivity index (χ4v) is 3.76. The van der Waals surface area contributed by atoms with E-state index in [4.69, 9.17) is 0 Å². The Kier molecular flexibility index (Phi) is 8.73. The Morgan fingerprint density at radius 3 is 2.63 bits per heavy atom. The summed E-state index contributed by atoms with van der Waals surface area (Å²) < 4.78 is 1.82. The van der Waals surface area contributed by atoms with Gasteiger partial charge in [0.1, 0.15) is 11.5 Å². The molecule has 0 fully saturated rings. The van der Waals surface area contributed by atoms with Crippen molar-refractivity contribution < 1.29 is 9.59 Å². The van der Waals surface area contributed by atoms with Crippen LogP contribution in [0.3, 0.4) is 0 Å². The van der Waals surface area contributed by atoms with Crippen LogP contribution in [0.4, 0.5) is 11.5 Å². The zero-order valence-corrected chi connectivity index (χ0v) is 21.8. The van der Waals surface area contributed by atoms with E-state index in [2.05, 4.69) is 30.8 Å². The molecule has 9 heteroatoms. The van der Waals surface area contributed by atoms with Gasteiger partial charge in [-0.05, 0) is 87.6 Å². The highest BCUT2D eigenvalue weighted by Crippen LogP contribution is 2.17. The van der Waals surface area contributed by atoms with Gasteiger partial charge in [0.15, 0.2) is 0 Å². The van der Waals surface area contributed by atoms with Crippen LogP contribution in [0.1, 0.15) is 27.9 Å². The number of carbonyl (C=O) groups is 2. The van der Waals surface area contributed by atoms with Gasteiger partial charge in [-0.3, -0.25) is 14.3 Å². The summed E-state index contributed by atoms with van der Waals surface area (Å²) in [7, 11) is 4.08. The van der Waals surface area contributed by atoms with Crippen molar-refractivity contribution in [2.75, 3.05) is 31.3 Å². The van der Waals surface area contributed by atoms with Crippen molar-refractivity contribution in [1.29, 1.82) is 0 Å². The fourth-order valence-electron chi connectivity index (χ4n) is 3.76. The first-order valence-corrected chi connectivity index (χ1v) is 12.3. The highest BCUT2D eigenvalue weighted by atomic mass is 16.2. The van der Waals surface area contributed by atoms with Gasteiger partial charge in [-0.15, -0.1) is 5.10 Å². The number of anilines is 2. The van der Waals surface area contributed by atoms with Crippen molar-refractivity contribution in [2.45, 2.75) is 19.9 Å². The molecule has 2 heterocycles. The zero-order valence-electron chi connectivity index (χ0n) is 21.8. The Balaban J connectivity index is 1.31. The molecule has 4 rings (SSSR count). The van der Waals surface area contributed by atoms with Crippen LogP contribution in [0.15, 0.2) is 79.1 Å². The van der Waals surface area contributed by atoms with E-state index in [9.17, 15) is 9.59 Å².